The Morgan fingerprint density at radius 2 is 2.04 bits per heavy atom. The summed E-state index contributed by atoms with van der Waals surface area (Å²) < 4.78 is 12.3. The van der Waals surface area contributed by atoms with Gasteiger partial charge in [-0.15, -0.1) is 10.2 Å². The first kappa shape index (κ1) is 16.3. The summed E-state index contributed by atoms with van der Waals surface area (Å²) in [4.78, 5) is 19.0. The lowest BCUT2D eigenvalue weighted by atomic mass is 10.1. The van der Waals surface area contributed by atoms with E-state index in [1.807, 2.05) is 35.8 Å². The van der Waals surface area contributed by atoms with Crippen LogP contribution in [0.4, 0.5) is 0 Å². The molecule has 0 saturated carbocycles. The molecule has 0 radical (unpaired) electrons. The molecular formula is C18H19N5O3. The maximum absolute atomic E-state index is 12.9. The molecule has 0 bridgehead atoms. The van der Waals surface area contributed by atoms with Gasteiger partial charge in [-0.1, -0.05) is 12.1 Å². The van der Waals surface area contributed by atoms with Gasteiger partial charge in [0.2, 0.25) is 5.91 Å². The van der Waals surface area contributed by atoms with Crippen molar-refractivity contribution in [3.63, 3.8) is 0 Å². The quantitative estimate of drug-likeness (QED) is 0.716. The average Bonchev–Trinajstić information content (AvgIpc) is 3.26. The molecule has 0 N–H and O–H groups in total. The van der Waals surface area contributed by atoms with Gasteiger partial charge in [0.05, 0.1) is 13.7 Å². The zero-order valence-corrected chi connectivity index (χ0v) is 14.8. The molecule has 0 aliphatic carbocycles. The normalized spacial score (nSPS) is 16.7. The smallest absolute Gasteiger partial charge is 0.246 e. The molecule has 1 amide bonds. The fraction of sp³-hybridized carbons (Fsp3) is 0.333. The van der Waals surface area contributed by atoms with Crippen molar-refractivity contribution in [1.82, 2.24) is 24.6 Å². The molecule has 0 spiro atoms. The van der Waals surface area contributed by atoms with Crippen LogP contribution in [-0.2, 0) is 17.9 Å². The Balaban J connectivity index is 1.61. The van der Waals surface area contributed by atoms with Crippen molar-refractivity contribution in [1.29, 1.82) is 0 Å². The number of carbonyl (C=O) groups excluding carboxylic acids is 1. The van der Waals surface area contributed by atoms with E-state index in [0.29, 0.717) is 30.5 Å². The van der Waals surface area contributed by atoms with E-state index in [1.165, 1.54) is 6.26 Å². The molecule has 3 heterocycles. The van der Waals surface area contributed by atoms with E-state index in [4.69, 9.17) is 9.15 Å². The first-order chi connectivity index (χ1) is 12.6. The third-order valence-corrected chi connectivity index (χ3v) is 4.54. The summed E-state index contributed by atoms with van der Waals surface area (Å²) in [7, 11) is 1.63. The number of benzene rings is 1. The molecule has 4 rings (SSSR count). The first-order valence-electron chi connectivity index (χ1n) is 8.35. The number of hydrogen-bond acceptors (Lipinski definition) is 6. The number of methoxy groups -OCH3 is 1. The largest absolute Gasteiger partial charge is 0.497 e. The van der Waals surface area contributed by atoms with Crippen molar-refractivity contribution < 1.29 is 13.9 Å². The Kier molecular flexibility index (Phi) is 3.95. The van der Waals surface area contributed by atoms with Crippen LogP contribution in [-0.4, -0.2) is 37.7 Å². The summed E-state index contributed by atoms with van der Waals surface area (Å²) in [5.74, 6) is 2.66. The second kappa shape index (κ2) is 6.29. The average molecular weight is 353 g/mol. The molecule has 1 aliphatic rings. The summed E-state index contributed by atoms with van der Waals surface area (Å²) in [5, 5.41) is 8.49. The van der Waals surface area contributed by atoms with E-state index < -0.39 is 6.04 Å². The molecule has 0 unspecified atom stereocenters. The summed E-state index contributed by atoms with van der Waals surface area (Å²) in [5.41, 5.74) is 1.62. The minimum atomic E-state index is -0.404. The third-order valence-electron chi connectivity index (χ3n) is 4.54. The molecule has 8 nitrogen and oxygen atoms in total. The fourth-order valence-electron chi connectivity index (χ4n) is 3.19. The van der Waals surface area contributed by atoms with Gasteiger partial charge in [0.1, 0.15) is 23.7 Å². The fourth-order valence-corrected chi connectivity index (χ4v) is 3.19. The number of hydrogen-bond donors (Lipinski definition) is 0. The summed E-state index contributed by atoms with van der Waals surface area (Å²) in [6, 6.07) is 7.29. The Labute approximate surface area is 150 Å². The minimum absolute atomic E-state index is 0.0228. The van der Waals surface area contributed by atoms with E-state index in [9.17, 15) is 4.79 Å². The number of rotatable bonds is 4. The van der Waals surface area contributed by atoms with E-state index in [1.54, 1.807) is 18.9 Å². The number of oxazole rings is 1. The number of carbonyl (C=O) groups is 1. The molecule has 1 aliphatic heterocycles. The van der Waals surface area contributed by atoms with E-state index in [-0.39, 0.29) is 5.91 Å². The maximum Gasteiger partial charge on any atom is 0.246 e. The Bertz CT molecular complexity index is 944. The van der Waals surface area contributed by atoms with Crippen molar-refractivity contribution in [2.45, 2.75) is 33.0 Å². The Hall–Kier alpha value is -3.16. The molecule has 1 aromatic carbocycles. The third kappa shape index (κ3) is 2.73. The number of amides is 1. The topological polar surface area (TPSA) is 86.3 Å². The van der Waals surface area contributed by atoms with Crippen LogP contribution in [0.5, 0.6) is 5.75 Å². The van der Waals surface area contributed by atoms with Crippen LogP contribution in [0.3, 0.4) is 0 Å². The lowest BCUT2D eigenvalue weighted by molar-refractivity contribution is -0.137. The van der Waals surface area contributed by atoms with Gasteiger partial charge in [-0.05, 0) is 24.6 Å². The second-order valence-electron chi connectivity index (χ2n) is 6.28. The first-order valence-corrected chi connectivity index (χ1v) is 8.35. The zero-order chi connectivity index (χ0) is 18.3. The summed E-state index contributed by atoms with van der Waals surface area (Å²) in [6.45, 7) is 4.53. The molecule has 0 fully saturated rings. The molecular weight excluding hydrogens is 334 g/mol. The van der Waals surface area contributed by atoms with Crippen molar-refractivity contribution >= 4 is 5.91 Å². The van der Waals surface area contributed by atoms with Gasteiger partial charge in [-0.2, -0.15) is 0 Å². The van der Waals surface area contributed by atoms with Gasteiger partial charge < -0.3 is 14.1 Å². The molecule has 26 heavy (non-hydrogen) atoms. The monoisotopic (exact) mass is 353 g/mol. The molecule has 8 heteroatoms. The SMILES string of the molecule is COc1ccc(CN2Cc3nnc(-c4coc(C)n4)n3[C@@H](C)C2=O)cc1. The lowest BCUT2D eigenvalue weighted by Crippen LogP contribution is -2.41. The Morgan fingerprint density at radius 3 is 2.69 bits per heavy atom. The standard InChI is InChI=1S/C18H19N5O3/c1-11-18(24)22(8-13-4-6-14(25-3)7-5-13)9-16-20-21-17(23(11)16)15-10-26-12(2)19-15/h4-7,10-11H,8-9H2,1-3H3/t11-/m0/s1. The number of fused-ring (bicyclic) bond motifs is 1. The van der Waals surface area contributed by atoms with Crippen LogP contribution in [0.15, 0.2) is 34.9 Å². The van der Waals surface area contributed by atoms with Crippen LogP contribution in [0.2, 0.25) is 0 Å². The van der Waals surface area contributed by atoms with Gasteiger partial charge in [-0.3, -0.25) is 9.36 Å². The summed E-state index contributed by atoms with van der Waals surface area (Å²) >= 11 is 0. The van der Waals surface area contributed by atoms with Gasteiger partial charge in [0.15, 0.2) is 17.5 Å². The highest BCUT2D eigenvalue weighted by molar-refractivity contribution is 5.81. The molecule has 134 valence electrons. The van der Waals surface area contributed by atoms with Gasteiger partial charge in [-0.25, -0.2) is 4.98 Å². The van der Waals surface area contributed by atoms with Gasteiger partial charge in [0.25, 0.3) is 0 Å². The van der Waals surface area contributed by atoms with Crippen LogP contribution in [0.25, 0.3) is 11.5 Å². The van der Waals surface area contributed by atoms with Crippen LogP contribution < -0.4 is 4.74 Å². The predicted octanol–water partition coefficient (Wildman–Crippen LogP) is 2.35. The van der Waals surface area contributed by atoms with Crippen molar-refractivity contribution in [2.75, 3.05) is 7.11 Å². The second-order valence-corrected chi connectivity index (χ2v) is 6.28. The number of nitrogens with zero attached hydrogens (tertiary/aromatic N) is 5. The predicted molar refractivity (Wildman–Crippen MR) is 92.2 cm³/mol. The van der Waals surface area contributed by atoms with Crippen molar-refractivity contribution in [3.05, 3.63) is 47.8 Å². The molecule has 0 saturated heterocycles. The minimum Gasteiger partial charge on any atom is -0.497 e. The van der Waals surface area contributed by atoms with Crippen molar-refractivity contribution in [2.24, 2.45) is 0 Å². The molecule has 2 aromatic heterocycles. The summed E-state index contributed by atoms with van der Waals surface area (Å²) in [6.07, 6.45) is 1.54. The van der Waals surface area contributed by atoms with Crippen LogP contribution in [0.1, 0.15) is 30.2 Å². The molecule has 3 aromatic rings. The van der Waals surface area contributed by atoms with E-state index >= 15 is 0 Å². The van der Waals surface area contributed by atoms with E-state index in [0.717, 1.165) is 17.1 Å². The molecule has 1 atom stereocenters. The van der Waals surface area contributed by atoms with E-state index in [2.05, 4.69) is 15.2 Å². The number of ether oxygens (including phenoxy) is 1. The van der Waals surface area contributed by atoms with Gasteiger partial charge >= 0.3 is 0 Å². The lowest BCUT2D eigenvalue weighted by Gasteiger charge is -2.32. The highest BCUT2D eigenvalue weighted by Crippen LogP contribution is 2.29. The number of aromatic nitrogens is 4. The highest BCUT2D eigenvalue weighted by Gasteiger charge is 2.34. The van der Waals surface area contributed by atoms with Crippen LogP contribution >= 0.6 is 0 Å². The zero-order valence-electron chi connectivity index (χ0n) is 14.8. The highest BCUT2D eigenvalue weighted by atomic mass is 16.5. The van der Waals surface area contributed by atoms with Gasteiger partial charge in [0, 0.05) is 13.5 Å². The van der Waals surface area contributed by atoms with Crippen molar-refractivity contribution in [3.8, 4) is 17.3 Å². The maximum atomic E-state index is 12.9. The number of aryl methyl sites for hydroxylation is 1. The van der Waals surface area contributed by atoms with Crippen LogP contribution in [0, 0.1) is 6.92 Å². The Morgan fingerprint density at radius 1 is 1.27 bits per heavy atom.